The second kappa shape index (κ2) is 6.89. The van der Waals surface area contributed by atoms with E-state index in [1.807, 2.05) is 29.6 Å². The Hall–Kier alpha value is -1.92. The quantitative estimate of drug-likeness (QED) is 0.916. The number of hydrogen-bond donors (Lipinski definition) is 1. The third kappa shape index (κ3) is 4.05. The van der Waals surface area contributed by atoms with Gasteiger partial charge in [-0.2, -0.15) is 0 Å². The van der Waals surface area contributed by atoms with E-state index in [1.165, 1.54) is 5.56 Å². The molecule has 1 aromatic carbocycles. The summed E-state index contributed by atoms with van der Waals surface area (Å²) in [6.45, 7) is 5.29. The van der Waals surface area contributed by atoms with Crippen LogP contribution in [0.1, 0.15) is 16.3 Å². The summed E-state index contributed by atoms with van der Waals surface area (Å²) in [5.41, 5.74) is 2.22. The zero-order chi connectivity index (χ0) is 15.4. The molecule has 6 heteroatoms. The minimum atomic E-state index is 0.0874. The van der Waals surface area contributed by atoms with Gasteiger partial charge in [0.2, 0.25) is 5.91 Å². The van der Waals surface area contributed by atoms with Crippen molar-refractivity contribution in [3.8, 4) is 5.75 Å². The molecule has 5 nitrogen and oxygen atoms in total. The smallest absolute Gasteiger partial charge is 0.234 e. The van der Waals surface area contributed by atoms with Gasteiger partial charge in [-0.25, -0.2) is 4.98 Å². The lowest BCUT2D eigenvalue weighted by Crippen LogP contribution is -2.47. The summed E-state index contributed by atoms with van der Waals surface area (Å²) in [4.78, 5) is 18.1. The van der Waals surface area contributed by atoms with Crippen molar-refractivity contribution in [2.75, 3.05) is 19.6 Å². The summed E-state index contributed by atoms with van der Waals surface area (Å²) in [7, 11) is 0. The molecular formula is C16H19N3O2S. The first kappa shape index (κ1) is 15.0. The number of nitrogens with one attached hydrogen (secondary N) is 1. The van der Waals surface area contributed by atoms with Crippen LogP contribution in [0.2, 0.25) is 0 Å². The molecule has 1 aromatic heterocycles. The van der Waals surface area contributed by atoms with Crippen LogP contribution in [0.3, 0.4) is 0 Å². The maximum atomic E-state index is 11.4. The Morgan fingerprint density at radius 3 is 2.95 bits per heavy atom. The summed E-state index contributed by atoms with van der Waals surface area (Å²) in [6.07, 6.45) is 0. The van der Waals surface area contributed by atoms with Crippen LogP contribution in [0.5, 0.6) is 5.75 Å². The molecule has 1 amide bonds. The van der Waals surface area contributed by atoms with Crippen molar-refractivity contribution in [2.45, 2.75) is 20.1 Å². The highest BCUT2D eigenvalue weighted by Gasteiger charge is 2.17. The molecule has 1 fully saturated rings. The molecule has 1 saturated heterocycles. The van der Waals surface area contributed by atoms with Crippen molar-refractivity contribution in [3.05, 3.63) is 45.9 Å². The van der Waals surface area contributed by atoms with Gasteiger partial charge in [0, 0.05) is 25.0 Å². The number of benzene rings is 1. The second-order valence-electron chi connectivity index (χ2n) is 5.39. The Morgan fingerprint density at radius 1 is 1.36 bits per heavy atom. The van der Waals surface area contributed by atoms with Crippen molar-refractivity contribution in [2.24, 2.45) is 0 Å². The average molecular weight is 317 g/mol. The summed E-state index contributed by atoms with van der Waals surface area (Å²) < 4.78 is 5.74. The Kier molecular flexibility index (Phi) is 4.70. The van der Waals surface area contributed by atoms with Gasteiger partial charge < -0.3 is 10.1 Å². The number of nitrogens with zero attached hydrogens (tertiary/aromatic N) is 2. The van der Waals surface area contributed by atoms with Crippen LogP contribution in [-0.2, 0) is 17.9 Å². The van der Waals surface area contributed by atoms with Gasteiger partial charge in [0.1, 0.15) is 17.4 Å². The highest BCUT2D eigenvalue weighted by Crippen LogP contribution is 2.17. The minimum Gasteiger partial charge on any atom is -0.486 e. The predicted octanol–water partition coefficient (Wildman–Crippen LogP) is 1.96. The monoisotopic (exact) mass is 317 g/mol. The molecule has 116 valence electrons. The molecule has 22 heavy (non-hydrogen) atoms. The summed E-state index contributed by atoms with van der Waals surface area (Å²) >= 11 is 1.60. The molecule has 0 aliphatic carbocycles. The minimum absolute atomic E-state index is 0.0874. The van der Waals surface area contributed by atoms with Crippen LogP contribution >= 0.6 is 11.3 Å². The van der Waals surface area contributed by atoms with Crippen LogP contribution in [-0.4, -0.2) is 35.4 Å². The third-order valence-electron chi connectivity index (χ3n) is 3.49. The van der Waals surface area contributed by atoms with Gasteiger partial charge in [-0.05, 0) is 19.1 Å². The number of amides is 1. The first-order valence-corrected chi connectivity index (χ1v) is 8.19. The standard InChI is InChI=1S/C16H19N3O2S/c1-12-2-4-14(5-3-12)21-10-16-18-13(11-22-16)8-19-7-6-17-15(20)9-19/h2-5,11H,6-10H2,1H3,(H,17,20). The van der Waals surface area contributed by atoms with E-state index in [0.29, 0.717) is 26.2 Å². The van der Waals surface area contributed by atoms with Gasteiger partial charge in [-0.15, -0.1) is 11.3 Å². The van der Waals surface area contributed by atoms with Crippen LogP contribution in [0, 0.1) is 6.92 Å². The van der Waals surface area contributed by atoms with Gasteiger partial charge in [0.05, 0.1) is 12.2 Å². The van der Waals surface area contributed by atoms with Crippen LogP contribution < -0.4 is 10.1 Å². The molecule has 1 aliphatic heterocycles. The zero-order valence-electron chi connectivity index (χ0n) is 12.5. The first-order chi connectivity index (χ1) is 10.7. The molecule has 0 unspecified atom stereocenters. The van der Waals surface area contributed by atoms with E-state index < -0.39 is 0 Å². The Bertz CT molecular complexity index is 639. The fourth-order valence-electron chi connectivity index (χ4n) is 2.32. The molecule has 1 aliphatic rings. The number of piperazine rings is 1. The van der Waals surface area contributed by atoms with Crippen LogP contribution in [0.4, 0.5) is 0 Å². The van der Waals surface area contributed by atoms with Gasteiger partial charge in [0.15, 0.2) is 0 Å². The molecule has 0 saturated carbocycles. The van der Waals surface area contributed by atoms with E-state index in [0.717, 1.165) is 23.0 Å². The average Bonchev–Trinajstić information content (AvgIpc) is 2.94. The van der Waals surface area contributed by atoms with E-state index in [-0.39, 0.29) is 5.91 Å². The van der Waals surface area contributed by atoms with Gasteiger partial charge >= 0.3 is 0 Å². The molecule has 0 spiro atoms. The first-order valence-electron chi connectivity index (χ1n) is 7.31. The van der Waals surface area contributed by atoms with Gasteiger partial charge in [-0.3, -0.25) is 9.69 Å². The highest BCUT2D eigenvalue weighted by atomic mass is 32.1. The Balaban J connectivity index is 1.52. The summed E-state index contributed by atoms with van der Waals surface area (Å²) in [6, 6.07) is 8.00. The maximum absolute atomic E-state index is 11.4. The number of thiazole rings is 1. The van der Waals surface area contributed by atoms with Crippen molar-refractivity contribution in [1.82, 2.24) is 15.2 Å². The lowest BCUT2D eigenvalue weighted by atomic mass is 10.2. The number of ether oxygens (including phenoxy) is 1. The maximum Gasteiger partial charge on any atom is 0.234 e. The lowest BCUT2D eigenvalue weighted by molar-refractivity contribution is -0.124. The molecule has 3 rings (SSSR count). The second-order valence-corrected chi connectivity index (χ2v) is 6.34. The van der Waals surface area contributed by atoms with E-state index in [2.05, 4.69) is 22.1 Å². The normalized spacial score (nSPS) is 15.6. The number of aromatic nitrogens is 1. The van der Waals surface area contributed by atoms with Crippen molar-refractivity contribution < 1.29 is 9.53 Å². The number of aryl methyl sites for hydroxylation is 1. The van der Waals surface area contributed by atoms with E-state index in [4.69, 9.17) is 4.74 Å². The van der Waals surface area contributed by atoms with Gasteiger partial charge in [-0.1, -0.05) is 17.7 Å². The Labute approximate surface area is 133 Å². The lowest BCUT2D eigenvalue weighted by Gasteiger charge is -2.25. The van der Waals surface area contributed by atoms with Crippen molar-refractivity contribution >= 4 is 17.2 Å². The molecule has 0 bridgehead atoms. The molecule has 0 atom stereocenters. The van der Waals surface area contributed by atoms with Crippen molar-refractivity contribution in [3.63, 3.8) is 0 Å². The fourth-order valence-corrected chi connectivity index (χ4v) is 3.02. The number of rotatable bonds is 5. The van der Waals surface area contributed by atoms with Crippen LogP contribution in [0.25, 0.3) is 0 Å². The molecular weight excluding hydrogens is 298 g/mol. The van der Waals surface area contributed by atoms with Crippen LogP contribution in [0.15, 0.2) is 29.6 Å². The molecule has 2 aromatic rings. The largest absolute Gasteiger partial charge is 0.486 e. The van der Waals surface area contributed by atoms with Crippen molar-refractivity contribution in [1.29, 1.82) is 0 Å². The fraction of sp³-hybridized carbons (Fsp3) is 0.375. The predicted molar refractivity (Wildman–Crippen MR) is 85.9 cm³/mol. The zero-order valence-corrected chi connectivity index (χ0v) is 13.4. The molecule has 2 heterocycles. The summed E-state index contributed by atoms with van der Waals surface area (Å²) in [5, 5.41) is 5.82. The topological polar surface area (TPSA) is 54.5 Å². The van der Waals surface area contributed by atoms with E-state index >= 15 is 0 Å². The molecule has 0 radical (unpaired) electrons. The highest BCUT2D eigenvalue weighted by molar-refractivity contribution is 7.09. The number of hydrogen-bond acceptors (Lipinski definition) is 5. The van der Waals surface area contributed by atoms with E-state index in [1.54, 1.807) is 11.3 Å². The number of carbonyl (C=O) groups is 1. The third-order valence-corrected chi connectivity index (χ3v) is 4.36. The van der Waals surface area contributed by atoms with Gasteiger partial charge in [0.25, 0.3) is 0 Å². The molecule has 1 N–H and O–H groups in total. The number of carbonyl (C=O) groups excluding carboxylic acids is 1. The van der Waals surface area contributed by atoms with E-state index in [9.17, 15) is 4.79 Å². The SMILES string of the molecule is Cc1ccc(OCc2nc(CN3CCNC(=O)C3)cs2)cc1. The Morgan fingerprint density at radius 2 is 2.18 bits per heavy atom. The summed E-state index contributed by atoms with van der Waals surface area (Å²) in [5.74, 6) is 0.944.